The zero-order valence-corrected chi connectivity index (χ0v) is 15.3. The maximum absolute atomic E-state index is 13.5. The highest BCUT2D eigenvalue weighted by atomic mass is 16.2. The lowest BCUT2D eigenvalue weighted by atomic mass is 10.0. The zero-order chi connectivity index (χ0) is 19.7. The Morgan fingerprint density at radius 3 is 2.39 bits per heavy atom. The summed E-state index contributed by atoms with van der Waals surface area (Å²) in [4.78, 5) is 13.5. The normalized spacial score (nSPS) is 11.3. The average molecular weight is 369 g/mol. The van der Waals surface area contributed by atoms with Gasteiger partial charge >= 0.3 is 0 Å². The van der Waals surface area contributed by atoms with Crippen molar-refractivity contribution in [3.05, 3.63) is 83.6 Å². The van der Waals surface area contributed by atoms with Crippen molar-refractivity contribution in [1.29, 1.82) is 0 Å². The molecular weight excluding hydrogens is 350 g/mol. The van der Waals surface area contributed by atoms with Gasteiger partial charge in [0, 0.05) is 22.2 Å². The van der Waals surface area contributed by atoms with E-state index in [0.717, 1.165) is 32.9 Å². The highest BCUT2D eigenvalue weighted by molar-refractivity contribution is 6.13. The van der Waals surface area contributed by atoms with E-state index in [1.807, 2.05) is 73.7 Å². The van der Waals surface area contributed by atoms with Gasteiger partial charge in [-0.25, -0.2) is 0 Å². The van der Waals surface area contributed by atoms with E-state index in [-0.39, 0.29) is 11.9 Å². The highest BCUT2D eigenvalue weighted by Gasteiger charge is 2.20. The zero-order valence-electron chi connectivity index (χ0n) is 15.3. The number of hydrogen-bond acceptors (Lipinski definition) is 3. The number of carbonyl (C=O) groups excluding carboxylic acids is 1. The van der Waals surface area contributed by atoms with Gasteiger partial charge in [-0.05, 0) is 29.8 Å². The van der Waals surface area contributed by atoms with Gasteiger partial charge in [-0.1, -0.05) is 54.6 Å². The van der Waals surface area contributed by atoms with E-state index in [0.29, 0.717) is 5.56 Å². The van der Waals surface area contributed by atoms with Crippen LogP contribution in [-0.2, 0) is 0 Å². The number of carbonyl (C=O) groups is 1. The Hall–Kier alpha value is -3.93. The van der Waals surface area contributed by atoms with Gasteiger partial charge < -0.3 is 11.5 Å². The Bertz CT molecular complexity index is 1260. The van der Waals surface area contributed by atoms with E-state index in [9.17, 15) is 4.79 Å². The van der Waals surface area contributed by atoms with Crippen molar-refractivity contribution in [3.8, 4) is 0 Å². The molecular formula is C22H19N5O. The van der Waals surface area contributed by atoms with E-state index >= 15 is 0 Å². The summed E-state index contributed by atoms with van der Waals surface area (Å²) in [7, 11) is 0. The van der Waals surface area contributed by atoms with E-state index < -0.39 is 0 Å². The van der Waals surface area contributed by atoms with Crippen molar-refractivity contribution in [3.63, 3.8) is 0 Å². The highest BCUT2D eigenvalue weighted by Crippen LogP contribution is 2.27. The van der Waals surface area contributed by atoms with E-state index in [1.54, 1.807) is 10.8 Å². The summed E-state index contributed by atoms with van der Waals surface area (Å²) in [5.41, 5.74) is 13.7. The molecule has 0 atom stereocenters. The Morgan fingerprint density at radius 1 is 0.929 bits per heavy atom. The number of hydrogen-bond donors (Lipinski definition) is 2. The van der Waals surface area contributed by atoms with Crippen molar-refractivity contribution in [1.82, 2.24) is 4.57 Å². The van der Waals surface area contributed by atoms with Crippen LogP contribution in [0.15, 0.2) is 76.9 Å². The minimum Gasteiger partial charge on any atom is -0.369 e. The molecule has 138 valence electrons. The lowest BCUT2D eigenvalue weighted by molar-refractivity contribution is 0.0964. The van der Waals surface area contributed by atoms with Crippen LogP contribution in [0.4, 0.5) is 0 Å². The van der Waals surface area contributed by atoms with Gasteiger partial charge in [0.15, 0.2) is 0 Å². The molecule has 0 spiro atoms. The van der Waals surface area contributed by atoms with Crippen LogP contribution in [0.25, 0.3) is 21.7 Å². The monoisotopic (exact) mass is 369 g/mol. The molecule has 0 aliphatic rings. The molecule has 0 saturated carbocycles. The number of aromatic nitrogens is 1. The molecule has 0 unspecified atom stereocenters. The van der Waals surface area contributed by atoms with Gasteiger partial charge in [0.25, 0.3) is 5.91 Å². The largest absolute Gasteiger partial charge is 0.369 e. The van der Waals surface area contributed by atoms with Crippen LogP contribution in [0.2, 0.25) is 0 Å². The van der Waals surface area contributed by atoms with Crippen molar-refractivity contribution < 1.29 is 4.79 Å². The second-order valence-electron chi connectivity index (χ2n) is 6.45. The molecule has 0 bridgehead atoms. The summed E-state index contributed by atoms with van der Waals surface area (Å²) >= 11 is 0. The first kappa shape index (κ1) is 17.5. The molecule has 4 aromatic rings. The van der Waals surface area contributed by atoms with Crippen LogP contribution in [0.1, 0.15) is 21.6 Å². The lowest BCUT2D eigenvalue weighted by Gasteiger charge is -2.10. The smallest absolute Gasteiger partial charge is 0.263 e. The summed E-state index contributed by atoms with van der Waals surface area (Å²) < 4.78 is 1.72. The maximum atomic E-state index is 13.5. The number of benzene rings is 3. The predicted molar refractivity (Wildman–Crippen MR) is 114 cm³/mol. The third kappa shape index (κ3) is 2.91. The van der Waals surface area contributed by atoms with Crippen LogP contribution in [0.5, 0.6) is 0 Å². The van der Waals surface area contributed by atoms with Gasteiger partial charge in [-0.15, -0.1) is 5.10 Å². The van der Waals surface area contributed by atoms with Gasteiger partial charge in [-0.3, -0.25) is 9.36 Å². The predicted octanol–water partition coefficient (Wildman–Crippen LogP) is 3.40. The third-order valence-electron chi connectivity index (χ3n) is 4.74. The number of nitrogens with two attached hydrogens (primary N) is 2. The number of nitrogens with zero attached hydrogens (tertiary/aromatic N) is 3. The topological polar surface area (TPSA) is 98.8 Å². The van der Waals surface area contributed by atoms with Gasteiger partial charge in [0.1, 0.15) is 0 Å². The van der Waals surface area contributed by atoms with E-state index in [4.69, 9.17) is 11.5 Å². The Labute approximate surface area is 161 Å². The average Bonchev–Trinajstić information content (AvgIpc) is 2.98. The molecule has 28 heavy (non-hydrogen) atoms. The van der Waals surface area contributed by atoms with Crippen LogP contribution in [0.3, 0.4) is 0 Å². The van der Waals surface area contributed by atoms with Gasteiger partial charge in [0.2, 0.25) is 5.96 Å². The number of para-hydroxylation sites is 1. The number of guanidine groups is 1. The summed E-state index contributed by atoms with van der Waals surface area (Å²) in [5.74, 6) is -0.212. The maximum Gasteiger partial charge on any atom is 0.263 e. The first-order valence-electron chi connectivity index (χ1n) is 8.82. The van der Waals surface area contributed by atoms with Crippen molar-refractivity contribution >= 4 is 39.8 Å². The third-order valence-corrected chi connectivity index (χ3v) is 4.74. The second-order valence-corrected chi connectivity index (χ2v) is 6.45. The van der Waals surface area contributed by atoms with Crippen molar-refractivity contribution in [2.75, 3.05) is 0 Å². The fourth-order valence-corrected chi connectivity index (χ4v) is 3.50. The summed E-state index contributed by atoms with van der Waals surface area (Å²) in [6.07, 6.45) is 1.57. The van der Waals surface area contributed by atoms with E-state index in [1.165, 1.54) is 0 Å². The Balaban J connectivity index is 1.94. The molecule has 0 radical (unpaired) electrons. The van der Waals surface area contributed by atoms with Crippen molar-refractivity contribution in [2.45, 2.75) is 6.92 Å². The standard InChI is InChI=1S/C22H19N5O/c1-14-19(13-25-26-22(23)24)17-10-4-5-12-20(17)27(14)21(28)18-11-6-8-15-7-2-3-9-16(15)18/h2-13H,1H3,(H4,23,24,26)/b25-13+. The molecule has 3 aromatic carbocycles. The second kappa shape index (κ2) is 7.00. The fourth-order valence-electron chi connectivity index (χ4n) is 3.50. The molecule has 0 amide bonds. The number of rotatable bonds is 3. The van der Waals surface area contributed by atoms with Crippen LogP contribution < -0.4 is 11.5 Å². The summed E-state index contributed by atoms with van der Waals surface area (Å²) in [5, 5.41) is 10.5. The van der Waals surface area contributed by atoms with Crippen LogP contribution >= 0.6 is 0 Å². The minimum atomic E-state index is -0.121. The molecule has 0 aliphatic heterocycles. The molecule has 0 saturated heterocycles. The summed E-state index contributed by atoms with van der Waals surface area (Å²) in [6.45, 7) is 1.89. The van der Waals surface area contributed by atoms with Gasteiger partial charge in [0.05, 0.1) is 11.7 Å². The Morgan fingerprint density at radius 2 is 1.61 bits per heavy atom. The number of fused-ring (bicyclic) bond motifs is 2. The van der Waals surface area contributed by atoms with Crippen molar-refractivity contribution in [2.24, 2.45) is 21.7 Å². The lowest BCUT2D eigenvalue weighted by Crippen LogP contribution is -2.21. The molecule has 1 aromatic heterocycles. The van der Waals surface area contributed by atoms with E-state index in [2.05, 4.69) is 10.2 Å². The SMILES string of the molecule is Cc1c(/C=N/N=C(N)N)c2ccccc2n1C(=O)c1cccc2ccccc12. The molecule has 4 rings (SSSR count). The molecule has 6 nitrogen and oxygen atoms in total. The minimum absolute atomic E-state index is 0.0907. The first-order valence-corrected chi connectivity index (χ1v) is 8.82. The fraction of sp³-hybridized carbons (Fsp3) is 0.0455. The molecule has 0 aliphatic carbocycles. The van der Waals surface area contributed by atoms with Crippen LogP contribution in [-0.4, -0.2) is 22.6 Å². The summed E-state index contributed by atoms with van der Waals surface area (Å²) in [6, 6.07) is 21.3. The van der Waals surface area contributed by atoms with Gasteiger partial charge in [-0.2, -0.15) is 5.10 Å². The molecule has 1 heterocycles. The Kier molecular flexibility index (Phi) is 4.37. The van der Waals surface area contributed by atoms with Crippen LogP contribution in [0, 0.1) is 6.92 Å². The molecule has 0 fully saturated rings. The molecule has 6 heteroatoms. The quantitative estimate of drug-likeness (QED) is 0.329. The first-order chi connectivity index (χ1) is 13.6. The molecule has 4 N–H and O–H groups in total.